The van der Waals surface area contributed by atoms with Gasteiger partial charge in [-0.25, -0.2) is 4.79 Å². The first-order chi connectivity index (χ1) is 9.60. The third-order valence-corrected chi connectivity index (χ3v) is 4.11. The molecule has 2 rings (SSSR count). The molecule has 0 bridgehead atoms. The van der Waals surface area contributed by atoms with Crippen molar-refractivity contribution < 1.29 is 9.53 Å². The van der Waals surface area contributed by atoms with Crippen molar-refractivity contribution in [2.24, 2.45) is 0 Å². The fraction of sp³-hybridized carbons (Fsp3) is 0.143. The van der Waals surface area contributed by atoms with Gasteiger partial charge >= 0.3 is 5.97 Å². The highest BCUT2D eigenvalue weighted by molar-refractivity contribution is 7.98. The Kier molecular flexibility index (Phi) is 4.87. The Balaban J connectivity index is 2.04. The van der Waals surface area contributed by atoms with Crippen LogP contribution in [0.2, 0.25) is 5.02 Å². The summed E-state index contributed by atoms with van der Waals surface area (Å²) in [6.07, 6.45) is 1.50. The van der Waals surface area contributed by atoms with Crippen molar-refractivity contribution >= 4 is 35.0 Å². The number of nitrogens with two attached hydrogens (primary N) is 1. The third kappa shape index (κ3) is 3.65. The molecule has 0 radical (unpaired) electrons. The van der Waals surface area contributed by atoms with Gasteiger partial charge in [-0.2, -0.15) is 0 Å². The fourth-order valence-electron chi connectivity index (χ4n) is 1.53. The van der Waals surface area contributed by atoms with Crippen LogP contribution in [0.25, 0.3) is 0 Å². The molecule has 0 amide bonds. The van der Waals surface area contributed by atoms with Crippen LogP contribution in [-0.4, -0.2) is 18.1 Å². The summed E-state index contributed by atoms with van der Waals surface area (Å²) < 4.78 is 4.62. The molecule has 1 aromatic carbocycles. The highest BCUT2D eigenvalue weighted by Crippen LogP contribution is 2.30. The fourth-order valence-corrected chi connectivity index (χ4v) is 2.71. The van der Waals surface area contributed by atoms with E-state index in [-0.39, 0.29) is 0 Å². The highest BCUT2D eigenvalue weighted by Gasteiger charge is 2.07. The zero-order valence-corrected chi connectivity index (χ0v) is 12.4. The van der Waals surface area contributed by atoms with E-state index in [1.807, 2.05) is 6.07 Å². The Bertz CT molecular complexity index is 617. The summed E-state index contributed by atoms with van der Waals surface area (Å²) in [5.74, 6) is 0.250. The quantitative estimate of drug-likeness (QED) is 0.533. The normalized spacial score (nSPS) is 10.3. The summed E-state index contributed by atoms with van der Waals surface area (Å²) in [5, 5.41) is 0.662. The zero-order chi connectivity index (χ0) is 14.5. The van der Waals surface area contributed by atoms with Gasteiger partial charge in [-0.15, -0.1) is 11.8 Å². The molecule has 0 aliphatic rings. The Morgan fingerprint density at radius 2 is 2.20 bits per heavy atom. The van der Waals surface area contributed by atoms with Gasteiger partial charge in [-0.3, -0.25) is 4.98 Å². The van der Waals surface area contributed by atoms with Gasteiger partial charge in [-0.1, -0.05) is 11.6 Å². The van der Waals surface area contributed by atoms with Gasteiger partial charge in [0.25, 0.3) is 0 Å². The molecule has 0 saturated carbocycles. The molecule has 0 fully saturated rings. The molecule has 0 atom stereocenters. The standard InChI is InChI=1S/C14H13ClN2O2S/c1-19-14(18)9-2-4-11(17-7-9)8-20-13-6-10(16)3-5-12(13)15/h2-7H,8,16H2,1H3. The monoisotopic (exact) mass is 308 g/mol. The van der Waals surface area contributed by atoms with Crippen molar-refractivity contribution in [2.75, 3.05) is 12.8 Å². The molecule has 2 N–H and O–H groups in total. The molecule has 0 spiro atoms. The van der Waals surface area contributed by atoms with Crippen molar-refractivity contribution in [3.8, 4) is 0 Å². The van der Waals surface area contributed by atoms with E-state index in [2.05, 4.69) is 9.72 Å². The van der Waals surface area contributed by atoms with E-state index in [4.69, 9.17) is 17.3 Å². The van der Waals surface area contributed by atoms with Crippen molar-refractivity contribution in [2.45, 2.75) is 10.6 Å². The molecule has 1 heterocycles. The van der Waals surface area contributed by atoms with Gasteiger partial charge in [0.2, 0.25) is 0 Å². The van der Waals surface area contributed by atoms with Crippen LogP contribution in [0.4, 0.5) is 5.69 Å². The molecular formula is C14H13ClN2O2S. The maximum atomic E-state index is 11.3. The zero-order valence-electron chi connectivity index (χ0n) is 10.8. The summed E-state index contributed by atoms with van der Waals surface area (Å²) in [4.78, 5) is 16.4. The number of hydrogen-bond donors (Lipinski definition) is 1. The van der Waals surface area contributed by atoms with Crippen LogP contribution < -0.4 is 5.73 Å². The van der Waals surface area contributed by atoms with E-state index in [9.17, 15) is 4.79 Å². The lowest BCUT2D eigenvalue weighted by molar-refractivity contribution is 0.0600. The predicted molar refractivity (Wildman–Crippen MR) is 81.0 cm³/mol. The van der Waals surface area contributed by atoms with Crippen molar-refractivity contribution in [3.05, 3.63) is 52.8 Å². The number of pyridine rings is 1. The lowest BCUT2D eigenvalue weighted by atomic mass is 10.2. The largest absolute Gasteiger partial charge is 0.465 e. The van der Waals surface area contributed by atoms with Gasteiger partial charge < -0.3 is 10.5 Å². The average molecular weight is 309 g/mol. The van der Waals surface area contributed by atoms with Crippen molar-refractivity contribution in [1.82, 2.24) is 4.98 Å². The van der Waals surface area contributed by atoms with Crippen LogP contribution in [0.3, 0.4) is 0 Å². The van der Waals surface area contributed by atoms with E-state index < -0.39 is 5.97 Å². The Hall–Kier alpha value is -1.72. The number of carbonyl (C=O) groups excluding carboxylic acids is 1. The Morgan fingerprint density at radius 1 is 1.40 bits per heavy atom. The van der Waals surface area contributed by atoms with Crippen molar-refractivity contribution in [1.29, 1.82) is 0 Å². The van der Waals surface area contributed by atoms with Crippen molar-refractivity contribution in [3.63, 3.8) is 0 Å². The van der Waals surface area contributed by atoms with Gasteiger partial charge in [0.15, 0.2) is 0 Å². The minimum atomic E-state index is -0.393. The summed E-state index contributed by atoms with van der Waals surface area (Å²) in [7, 11) is 1.34. The molecule has 20 heavy (non-hydrogen) atoms. The summed E-state index contributed by atoms with van der Waals surface area (Å²) in [6, 6.07) is 8.84. The first-order valence-corrected chi connectivity index (χ1v) is 7.17. The number of benzene rings is 1. The first kappa shape index (κ1) is 14.7. The number of esters is 1. The van der Waals surface area contributed by atoms with E-state index in [1.165, 1.54) is 13.3 Å². The van der Waals surface area contributed by atoms with Crippen LogP contribution in [0.15, 0.2) is 41.4 Å². The summed E-state index contributed by atoms with van der Waals surface area (Å²) in [6.45, 7) is 0. The highest BCUT2D eigenvalue weighted by atomic mass is 35.5. The molecule has 0 saturated heterocycles. The number of thioether (sulfide) groups is 1. The number of ether oxygens (including phenoxy) is 1. The topological polar surface area (TPSA) is 65.2 Å². The second-order valence-electron chi connectivity index (χ2n) is 4.01. The lowest BCUT2D eigenvalue weighted by Crippen LogP contribution is -2.02. The van der Waals surface area contributed by atoms with Crippen LogP contribution in [-0.2, 0) is 10.5 Å². The Morgan fingerprint density at radius 3 is 2.85 bits per heavy atom. The number of hydrogen-bond acceptors (Lipinski definition) is 5. The molecular weight excluding hydrogens is 296 g/mol. The number of anilines is 1. The van der Waals surface area contributed by atoms with Gasteiger partial charge in [0.05, 0.1) is 23.4 Å². The molecule has 4 nitrogen and oxygen atoms in total. The second kappa shape index (κ2) is 6.63. The summed E-state index contributed by atoms with van der Waals surface area (Å²) in [5.41, 5.74) is 7.68. The molecule has 2 aromatic rings. The second-order valence-corrected chi connectivity index (χ2v) is 5.43. The lowest BCUT2D eigenvalue weighted by Gasteiger charge is -2.05. The molecule has 1 aromatic heterocycles. The van der Waals surface area contributed by atoms with Gasteiger partial charge in [0, 0.05) is 22.5 Å². The van der Waals surface area contributed by atoms with Crippen LogP contribution in [0, 0.1) is 0 Å². The smallest absolute Gasteiger partial charge is 0.339 e. The van der Waals surface area contributed by atoms with Crippen LogP contribution in [0.5, 0.6) is 0 Å². The third-order valence-electron chi connectivity index (χ3n) is 2.58. The average Bonchev–Trinajstić information content (AvgIpc) is 2.48. The minimum absolute atomic E-state index is 0.393. The molecule has 6 heteroatoms. The first-order valence-electron chi connectivity index (χ1n) is 5.81. The van der Waals surface area contributed by atoms with Gasteiger partial charge in [0.1, 0.15) is 0 Å². The summed E-state index contributed by atoms with van der Waals surface area (Å²) >= 11 is 7.63. The number of halogens is 1. The Labute approximate surface area is 126 Å². The number of rotatable bonds is 4. The van der Waals surface area contributed by atoms with Gasteiger partial charge in [-0.05, 0) is 30.3 Å². The molecule has 0 aliphatic heterocycles. The number of aromatic nitrogens is 1. The maximum Gasteiger partial charge on any atom is 0.339 e. The molecule has 104 valence electrons. The molecule has 0 aliphatic carbocycles. The SMILES string of the molecule is COC(=O)c1ccc(CSc2cc(N)ccc2Cl)nc1. The van der Waals surface area contributed by atoms with E-state index >= 15 is 0 Å². The maximum absolute atomic E-state index is 11.3. The van der Waals surface area contributed by atoms with E-state index in [0.29, 0.717) is 22.0 Å². The molecule has 0 unspecified atom stereocenters. The number of methoxy groups -OCH3 is 1. The van der Waals surface area contributed by atoms with Crippen LogP contribution >= 0.6 is 23.4 Å². The number of carbonyl (C=O) groups is 1. The minimum Gasteiger partial charge on any atom is -0.465 e. The number of nitrogens with zero attached hydrogens (tertiary/aromatic N) is 1. The van der Waals surface area contributed by atoms with E-state index in [0.717, 1.165) is 10.6 Å². The number of nitrogen functional groups attached to an aromatic ring is 1. The van der Waals surface area contributed by atoms with E-state index in [1.54, 1.807) is 36.0 Å². The van der Waals surface area contributed by atoms with Crippen LogP contribution in [0.1, 0.15) is 16.1 Å². The predicted octanol–water partition coefficient (Wildman–Crippen LogP) is 3.40.